The van der Waals surface area contributed by atoms with E-state index in [9.17, 15) is 18.4 Å². The second-order valence-corrected chi connectivity index (χ2v) is 5.15. The molecule has 2 N–H and O–H groups in total. The smallest absolute Gasteiger partial charge is 0.322 e. The van der Waals surface area contributed by atoms with Crippen molar-refractivity contribution in [3.63, 3.8) is 0 Å². The highest BCUT2D eigenvalue weighted by Crippen LogP contribution is 2.30. The van der Waals surface area contributed by atoms with Gasteiger partial charge in [0.2, 0.25) is 0 Å². The topological polar surface area (TPSA) is 69.6 Å². The lowest BCUT2D eigenvalue weighted by Gasteiger charge is -2.22. The van der Waals surface area contributed by atoms with E-state index in [-0.39, 0.29) is 29.7 Å². The fourth-order valence-corrected chi connectivity index (χ4v) is 2.13. The zero-order chi connectivity index (χ0) is 15.6. The SMILES string of the molecule is O=C(O)CCN(C(=O)Nc1c(F)cc(F)cc1Cl)C1CC1. The average molecular weight is 319 g/mol. The number of hydrogen-bond acceptors (Lipinski definition) is 2. The van der Waals surface area contributed by atoms with Crippen molar-refractivity contribution in [2.24, 2.45) is 0 Å². The molecular formula is C13H13ClF2N2O3. The van der Waals surface area contributed by atoms with Crippen molar-refractivity contribution in [2.45, 2.75) is 25.3 Å². The lowest BCUT2D eigenvalue weighted by atomic mass is 10.3. The molecule has 2 rings (SSSR count). The first-order valence-electron chi connectivity index (χ1n) is 6.32. The number of nitrogens with zero attached hydrogens (tertiary/aromatic N) is 1. The molecule has 8 heteroatoms. The number of hydrogen-bond donors (Lipinski definition) is 2. The van der Waals surface area contributed by atoms with Crippen LogP contribution in [0.2, 0.25) is 5.02 Å². The maximum absolute atomic E-state index is 13.6. The first kappa shape index (κ1) is 15.5. The van der Waals surface area contributed by atoms with E-state index in [1.165, 1.54) is 4.90 Å². The molecule has 5 nitrogen and oxygen atoms in total. The number of urea groups is 1. The predicted octanol–water partition coefficient (Wildman–Crippen LogP) is 3.09. The Morgan fingerprint density at radius 2 is 2.05 bits per heavy atom. The second kappa shape index (κ2) is 6.26. The summed E-state index contributed by atoms with van der Waals surface area (Å²) in [4.78, 5) is 24.0. The molecule has 0 aliphatic heterocycles. The van der Waals surface area contributed by atoms with Gasteiger partial charge in [0.25, 0.3) is 0 Å². The Morgan fingerprint density at radius 3 is 2.57 bits per heavy atom. The normalized spacial score (nSPS) is 13.9. The zero-order valence-electron chi connectivity index (χ0n) is 10.9. The monoisotopic (exact) mass is 318 g/mol. The van der Waals surface area contributed by atoms with E-state index in [1.807, 2.05) is 0 Å². The summed E-state index contributed by atoms with van der Waals surface area (Å²) in [5, 5.41) is 10.7. The summed E-state index contributed by atoms with van der Waals surface area (Å²) in [5.74, 6) is -2.86. The Hall–Kier alpha value is -1.89. The number of carbonyl (C=O) groups is 2. The van der Waals surface area contributed by atoms with Crippen LogP contribution in [0, 0.1) is 11.6 Å². The molecule has 1 aliphatic rings. The van der Waals surface area contributed by atoms with Gasteiger partial charge in [-0.25, -0.2) is 13.6 Å². The summed E-state index contributed by atoms with van der Waals surface area (Å²) < 4.78 is 26.6. The number of anilines is 1. The molecule has 0 bridgehead atoms. The van der Waals surface area contributed by atoms with Gasteiger partial charge < -0.3 is 15.3 Å². The fourth-order valence-electron chi connectivity index (χ4n) is 1.89. The molecule has 0 saturated heterocycles. The third kappa shape index (κ3) is 4.04. The number of amides is 2. The van der Waals surface area contributed by atoms with Crippen LogP contribution in [0.5, 0.6) is 0 Å². The molecule has 0 unspecified atom stereocenters. The molecule has 0 atom stereocenters. The molecule has 0 aromatic heterocycles. The molecule has 0 heterocycles. The Labute approximate surface area is 124 Å². The van der Waals surface area contributed by atoms with Gasteiger partial charge >= 0.3 is 12.0 Å². The van der Waals surface area contributed by atoms with Crippen molar-refractivity contribution in [2.75, 3.05) is 11.9 Å². The van der Waals surface area contributed by atoms with Gasteiger partial charge in [-0.2, -0.15) is 0 Å². The number of nitrogens with one attached hydrogen (secondary N) is 1. The van der Waals surface area contributed by atoms with Crippen molar-refractivity contribution in [1.82, 2.24) is 4.90 Å². The van der Waals surface area contributed by atoms with Gasteiger partial charge in [0, 0.05) is 18.7 Å². The molecule has 1 aromatic carbocycles. The Kier molecular flexibility index (Phi) is 4.62. The fraction of sp³-hybridized carbons (Fsp3) is 0.385. The lowest BCUT2D eigenvalue weighted by molar-refractivity contribution is -0.137. The summed E-state index contributed by atoms with van der Waals surface area (Å²) in [6, 6.07) is 0.803. The minimum absolute atomic E-state index is 0.0201. The third-order valence-corrected chi connectivity index (χ3v) is 3.35. The van der Waals surface area contributed by atoms with Crippen molar-refractivity contribution >= 4 is 29.3 Å². The number of halogens is 3. The van der Waals surface area contributed by atoms with Crippen molar-refractivity contribution in [3.05, 3.63) is 28.8 Å². The standard InChI is InChI=1S/C13H13ClF2N2O3/c14-9-5-7(15)6-10(16)12(9)17-13(21)18(8-1-2-8)4-3-11(19)20/h5-6,8H,1-4H2,(H,17,21)(H,19,20). The van der Waals surface area contributed by atoms with Crippen molar-refractivity contribution in [1.29, 1.82) is 0 Å². The van der Waals surface area contributed by atoms with Crippen LogP contribution in [0.15, 0.2) is 12.1 Å². The van der Waals surface area contributed by atoms with Gasteiger partial charge in [-0.15, -0.1) is 0 Å². The van der Waals surface area contributed by atoms with Crippen LogP contribution in [0.4, 0.5) is 19.3 Å². The van der Waals surface area contributed by atoms with Gasteiger partial charge in [0.05, 0.1) is 17.1 Å². The van der Waals surface area contributed by atoms with E-state index in [2.05, 4.69) is 5.32 Å². The van der Waals surface area contributed by atoms with E-state index in [0.717, 1.165) is 18.9 Å². The molecule has 0 radical (unpaired) electrons. The minimum atomic E-state index is -1.03. The Morgan fingerprint density at radius 1 is 1.38 bits per heavy atom. The molecule has 2 amide bonds. The number of carboxylic acid groups (broad SMARTS) is 1. The van der Waals surface area contributed by atoms with E-state index in [1.54, 1.807) is 0 Å². The number of carbonyl (C=O) groups excluding carboxylic acids is 1. The number of benzene rings is 1. The van der Waals surface area contributed by atoms with Crippen molar-refractivity contribution in [3.8, 4) is 0 Å². The maximum atomic E-state index is 13.6. The van der Waals surface area contributed by atoms with Gasteiger partial charge in [-0.05, 0) is 18.9 Å². The summed E-state index contributed by atoms with van der Waals surface area (Å²) in [5.41, 5.74) is -0.316. The Bertz CT molecular complexity index is 556. The van der Waals surface area contributed by atoms with Gasteiger partial charge in [-0.1, -0.05) is 11.6 Å². The molecule has 1 saturated carbocycles. The molecule has 1 aliphatic carbocycles. The largest absolute Gasteiger partial charge is 0.481 e. The number of rotatable bonds is 5. The highest BCUT2D eigenvalue weighted by atomic mass is 35.5. The van der Waals surface area contributed by atoms with Crippen LogP contribution in [0.25, 0.3) is 0 Å². The first-order valence-corrected chi connectivity index (χ1v) is 6.70. The van der Waals surface area contributed by atoms with Crippen LogP contribution in [-0.2, 0) is 4.79 Å². The molecule has 0 spiro atoms. The number of carboxylic acids is 1. The minimum Gasteiger partial charge on any atom is -0.481 e. The molecule has 114 valence electrons. The third-order valence-electron chi connectivity index (χ3n) is 3.05. The van der Waals surface area contributed by atoms with Crippen LogP contribution < -0.4 is 5.32 Å². The van der Waals surface area contributed by atoms with Crippen LogP contribution in [0.3, 0.4) is 0 Å². The quantitative estimate of drug-likeness (QED) is 0.876. The maximum Gasteiger partial charge on any atom is 0.322 e. The highest BCUT2D eigenvalue weighted by Gasteiger charge is 2.33. The highest BCUT2D eigenvalue weighted by molar-refractivity contribution is 6.33. The molecule has 1 aromatic rings. The summed E-state index contributed by atoms with van der Waals surface area (Å²) in [7, 11) is 0. The average Bonchev–Trinajstić information content (AvgIpc) is 3.18. The second-order valence-electron chi connectivity index (χ2n) is 4.74. The summed E-state index contributed by atoms with van der Waals surface area (Å²) in [6.07, 6.45) is 1.34. The van der Waals surface area contributed by atoms with Crippen molar-refractivity contribution < 1.29 is 23.5 Å². The van der Waals surface area contributed by atoms with Gasteiger partial charge in [0.15, 0.2) is 5.82 Å². The van der Waals surface area contributed by atoms with Gasteiger partial charge in [-0.3, -0.25) is 4.79 Å². The summed E-state index contributed by atoms with van der Waals surface area (Å²) in [6.45, 7) is 0.0201. The summed E-state index contributed by atoms with van der Waals surface area (Å²) >= 11 is 5.70. The first-order chi connectivity index (χ1) is 9.88. The predicted molar refractivity (Wildman–Crippen MR) is 72.4 cm³/mol. The molecular weight excluding hydrogens is 306 g/mol. The van der Waals surface area contributed by atoms with Crippen LogP contribution in [-0.4, -0.2) is 34.6 Å². The lowest BCUT2D eigenvalue weighted by Crippen LogP contribution is -2.38. The van der Waals surface area contributed by atoms with Gasteiger partial charge in [0.1, 0.15) is 5.82 Å². The zero-order valence-corrected chi connectivity index (χ0v) is 11.7. The van der Waals surface area contributed by atoms with E-state index in [4.69, 9.17) is 16.7 Å². The molecule has 21 heavy (non-hydrogen) atoms. The van der Waals surface area contributed by atoms with E-state index < -0.39 is 23.6 Å². The van der Waals surface area contributed by atoms with Crippen LogP contribution in [0.1, 0.15) is 19.3 Å². The van der Waals surface area contributed by atoms with E-state index >= 15 is 0 Å². The van der Waals surface area contributed by atoms with E-state index in [0.29, 0.717) is 6.07 Å². The number of aliphatic carboxylic acids is 1. The van der Waals surface area contributed by atoms with Crippen LogP contribution >= 0.6 is 11.6 Å². The Balaban J connectivity index is 2.10. The molecule has 1 fully saturated rings.